The van der Waals surface area contributed by atoms with Crippen LogP contribution in [0.4, 0.5) is 0 Å². The molecule has 1 aromatic carbocycles. The molecule has 1 N–H and O–H groups in total. The van der Waals surface area contributed by atoms with Crippen molar-refractivity contribution in [2.24, 2.45) is 0 Å². The highest BCUT2D eigenvalue weighted by molar-refractivity contribution is 5.29. The first-order chi connectivity index (χ1) is 9.17. The highest BCUT2D eigenvalue weighted by Crippen LogP contribution is 2.23. The zero-order chi connectivity index (χ0) is 14.1. The molecule has 2 atom stereocenters. The molecule has 0 spiro atoms. The zero-order valence-electron chi connectivity index (χ0n) is 12.9. The molecule has 0 aliphatic heterocycles. The largest absolute Gasteiger partial charge is 0.494 e. The Kier molecular flexibility index (Phi) is 7.57. The summed E-state index contributed by atoms with van der Waals surface area (Å²) in [5.41, 5.74) is 1.40. The molecule has 0 saturated carbocycles. The first-order valence-electron chi connectivity index (χ1n) is 7.63. The van der Waals surface area contributed by atoms with Gasteiger partial charge >= 0.3 is 0 Å². The molecule has 0 saturated heterocycles. The molecule has 108 valence electrons. The van der Waals surface area contributed by atoms with Gasteiger partial charge in [0, 0.05) is 6.04 Å². The zero-order valence-corrected chi connectivity index (χ0v) is 12.9. The van der Waals surface area contributed by atoms with Gasteiger partial charge < -0.3 is 10.1 Å². The highest BCUT2D eigenvalue weighted by atomic mass is 16.5. The molecule has 19 heavy (non-hydrogen) atoms. The van der Waals surface area contributed by atoms with E-state index in [0.717, 1.165) is 25.3 Å². The molecule has 1 aromatic rings. The Morgan fingerprint density at radius 1 is 1.05 bits per heavy atom. The first-order valence-corrected chi connectivity index (χ1v) is 7.63. The Labute approximate surface area is 118 Å². The monoisotopic (exact) mass is 263 g/mol. The lowest BCUT2D eigenvalue weighted by Crippen LogP contribution is -2.27. The Bertz CT molecular complexity index is 334. The molecular formula is C17H29NO. The van der Waals surface area contributed by atoms with Crippen LogP contribution in [0.3, 0.4) is 0 Å². The van der Waals surface area contributed by atoms with Crippen LogP contribution in [0.5, 0.6) is 5.75 Å². The molecule has 1 rings (SSSR count). The average molecular weight is 263 g/mol. The van der Waals surface area contributed by atoms with Gasteiger partial charge in [0.2, 0.25) is 0 Å². The van der Waals surface area contributed by atoms with E-state index in [1.807, 2.05) is 0 Å². The van der Waals surface area contributed by atoms with Crippen LogP contribution in [0.15, 0.2) is 24.3 Å². The maximum absolute atomic E-state index is 5.61. The number of rotatable bonds is 9. The van der Waals surface area contributed by atoms with Gasteiger partial charge in [0.25, 0.3) is 0 Å². The maximum atomic E-state index is 5.61. The lowest BCUT2D eigenvalue weighted by Gasteiger charge is -2.19. The number of benzene rings is 1. The van der Waals surface area contributed by atoms with E-state index < -0.39 is 0 Å². The number of hydrogen-bond acceptors (Lipinski definition) is 2. The standard InChI is InChI=1S/C17H29NO/c1-5-11-18-15(4)13-14(3)16-7-9-17(10-8-16)19-12-6-2/h7-10,14-15,18H,5-6,11-13H2,1-4H3. The van der Waals surface area contributed by atoms with Gasteiger partial charge in [0.1, 0.15) is 5.75 Å². The summed E-state index contributed by atoms with van der Waals surface area (Å²) in [4.78, 5) is 0. The van der Waals surface area contributed by atoms with Gasteiger partial charge in [0.05, 0.1) is 6.61 Å². The lowest BCUT2D eigenvalue weighted by atomic mass is 9.94. The van der Waals surface area contributed by atoms with Crippen LogP contribution < -0.4 is 10.1 Å². The molecule has 0 aromatic heterocycles. The second-order valence-corrected chi connectivity index (χ2v) is 5.41. The quantitative estimate of drug-likeness (QED) is 0.715. The topological polar surface area (TPSA) is 21.3 Å². The molecule has 2 heteroatoms. The van der Waals surface area contributed by atoms with Crippen molar-refractivity contribution in [3.8, 4) is 5.75 Å². The molecule has 0 heterocycles. The van der Waals surface area contributed by atoms with Crippen molar-refractivity contribution in [3.05, 3.63) is 29.8 Å². The second-order valence-electron chi connectivity index (χ2n) is 5.41. The van der Waals surface area contributed by atoms with E-state index >= 15 is 0 Å². The van der Waals surface area contributed by atoms with Crippen LogP contribution in [0.1, 0.15) is 58.4 Å². The van der Waals surface area contributed by atoms with E-state index in [-0.39, 0.29) is 0 Å². The van der Waals surface area contributed by atoms with Crippen LogP contribution in [-0.2, 0) is 0 Å². The van der Waals surface area contributed by atoms with Gasteiger partial charge in [-0.05, 0) is 56.3 Å². The summed E-state index contributed by atoms with van der Waals surface area (Å²) in [6, 6.07) is 9.15. The smallest absolute Gasteiger partial charge is 0.119 e. The summed E-state index contributed by atoms with van der Waals surface area (Å²) < 4.78 is 5.61. The van der Waals surface area contributed by atoms with E-state index in [0.29, 0.717) is 12.0 Å². The number of hydrogen-bond donors (Lipinski definition) is 1. The average Bonchev–Trinajstić information content (AvgIpc) is 2.43. The Balaban J connectivity index is 2.45. The van der Waals surface area contributed by atoms with Crippen molar-refractivity contribution in [2.45, 2.75) is 58.9 Å². The molecule has 0 fully saturated rings. The fourth-order valence-electron chi connectivity index (χ4n) is 2.25. The van der Waals surface area contributed by atoms with Crippen LogP contribution >= 0.6 is 0 Å². The summed E-state index contributed by atoms with van der Waals surface area (Å²) in [5, 5.41) is 3.55. The summed E-state index contributed by atoms with van der Waals surface area (Å²) in [7, 11) is 0. The van der Waals surface area contributed by atoms with E-state index in [4.69, 9.17) is 4.74 Å². The van der Waals surface area contributed by atoms with Gasteiger partial charge in [0.15, 0.2) is 0 Å². The third-order valence-corrected chi connectivity index (χ3v) is 3.37. The highest BCUT2D eigenvalue weighted by Gasteiger charge is 2.10. The Hall–Kier alpha value is -1.02. The third kappa shape index (κ3) is 6.11. The molecule has 0 amide bonds. The van der Waals surface area contributed by atoms with Crippen LogP contribution in [0.25, 0.3) is 0 Å². The second kappa shape index (κ2) is 8.98. The molecule has 0 aliphatic carbocycles. The molecule has 0 radical (unpaired) electrons. The molecule has 2 nitrogen and oxygen atoms in total. The van der Waals surface area contributed by atoms with Crippen molar-refractivity contribution in [1.29, 1.82) is 0 Å². The van der Waals surface area contributed by atoms with Crippen molar-refractivity contribution in [3.63, 3.8) is 0 Å². The fourth-order valence-corrected chi connectivity index (χ4v) is 2.25. The Morgan fingerprint density at radius 3 is 2.32 bits per heavy atom. The minimum Gasteiger partial charge on any atom is -0.494 e. The molecule has 2 unspecified atom stereocenters. The lowest BCUT2D eigenvalue weighted by molar-refractivity contribution is 0.317. The normalized spacial score (nSPS) is 14.1. The van der Waals surface area contributed by atoms with Gasteiger partial charge in [-0.1, -0.05) is 32.9 Å². The van der Waals surface area contributed by atoms with E-state index in [2.05, 4.69) is 57.3 Å². The summed E-state index contributed by atoms with van der Waals surface area (Å²) in [6.45, 7) is 10.8. The first kappa shape index (κ1) is 16.0. The van der Waals surface area contributed by atoms with Gasteiger partial charge in [-0.3, -0.25) is 0 Å². The molecular weight excluding hydrogens is 234 g/mol. The van der Waals surface area contributed by atoms with Crippen molar-refractivity contribution in [2.75, 3.05) is 13.2 Å². The van der Waals surface area contributed by atoms with Crippen LogP contribution in [0.2, 0.25) is 0 Å². The SMILES string of the molecule is CCCNC(C)CC(C)c1ccc(OCCC)cc1. The number of nitrogens with one attached hydrogen (secondary N) is 1. The maximum Gasteiger partial charge on any atom is 0.119 e. The Morgan fingerprint density at radius 2 is 1.74 bits per heavy atom. The van der Waals surface area contributed by atoms with Crippen molar-refractivity contribution in [1.82, 2.24) is 5.32 Å². The molecule has 0 aliphatic rings. The minimum absolute atomic E-state index is 0.575. The molecule has 0 bridgehead atoms. The van der Waals surface area contributed by atoms with Gasteiger partial charge in [-0.15, -0.1) is 0 Å². The fraction of sp³-hybridized carbons (Fsp3) is 0.647. The van der Waals surface area contributed by atoms with Gasteiger partial charge in [-0.25, -0.2) is 0 Å². The third-order valence-electron chi connectivity index (χ3n) is 3.37. The summed E-state index contributed by atoms with van der Waals surface area (Å²) in [6.07, 6.45) is 3.43. The van der Waals surface area contributed by atoms with Crippen molar-refractivity contribution < 1.29 is 4.74 Å². The van der Waals surface area contributed by atoms with E-state index in [1.165, 1.54) is 18.4 Å². The number of ether oxygens (including phenoxy) is 1. The van der Waals surface area contributed by atoms with Gasteiger partial charge in [-0.2, -0.15) is 0 Å². The van der Waals surface area contributed by atoms with E-state index in [9.17, 15) is 0 Å². The van der Waals surface area contributed by atoms with Crippen molar-refractivity contribution >= 4 is 0 Å². The predicted molar refractivity (Wildman–Crippen MR) is 83.0 cm³/mol. The minimum atomic E-state index is 0.575. The van der Waals surface area contributed by atoms with E-state index in [1.54, 1.807) is 0 Å². The summed E-state index contributed by atoms with van der Waals surface area (Å²) in [5.74, 6) is 1.56. The summed E-state index contributed by atoms with van der Waals surface area (Å²) >= 11 is 0. The predicted octanol–water partition coefficient (Wildman–Crippen LogP) is 4.36. The van der Waals surface area contributed by atoms with Crippen LogP contribution in [0, 0.1) is 0 Å². The van der Waals surface area contributed by atoms with Crippen LogP contribution in [-0.4, -0.2) is 19.2 Å².